The van der Waals surface area contributed by atoms with Crippen molar-refractivity contribution in [1.29, 1.82) is 0 Å². The summed E-state index contributed by atoms with van der Waals surface area (Å²) in [5.41, 5.74) is -0.546. The molecule has 0 aliphatic carbocycles. The van der Waals surface area contributed by atoms with E-state index in [-0.39, 0.29) is 24.9 Å². The summed E-state index contributed by atoms with van der Waals surface area (Å²) in [6.07, 6.45) is 3.75. The number of carbonyl (C=O) groups excluding carboxylic acids is 3. The van der Waals surface area contributed by atoms with E-state index in [4.69, 9.17) is 19.3 Å². The average molecular weight is 667 g/mol. The second-order valence-corrected chi connectivity index (χ2v) is 12.6. The number of hydrogen-bond donors (Lipinski definition) is 1. The van der Waals surface area contributed by atoms with Crippen LogP contribution in [-0.4, -0.2) is 161 Å². The van der Waals surface area contributed by atoms with Crippen LogP contribution >= 0.6 is 0 Å². The van der Waals surface area contributed by atoms with Crippen molar-refractivity contribution in [3.8, 4) is 0 Å². The lowest BCUT2D eigenvalue weighted by molar-refractivity contribution is -0.304. The van der Waals surface area contributed by atoms with Crippen molar-refractivity contribution in [3.05, 3.63) is 0 Å². The predicted molar refractivity (Wildman–Crippen MR) is 179 cm³/mol. The summed E-state index contributed by atoms with van der Waals surface area (Å²) in [5.74, 6) is -1.36. The molecule has 2 saturated heterocycles. The third-order valence-electron chi connectivity index (χ3n) is 7.85. The first kappa shape index (κ1) is 46.5. The molecule has 2 aliphatic rings. The van der Waals surface area contributed by atoms with Gasteiger partial charge in [0.2, 0.25) is 0 Å². The van der Waals surface area contributed by atoms with Crippen LogP contribution in [0, 0.1) is 5.92 Å². The van der Waals surface area contributed by atoms with Gasteiger partial charge >= 0.3 is 5.97 Å². The monoisotopic (exact) mass is 666 g/mol. The van der Waals surface area contributed by atoms with Gasteiger partial charge in [0.05, 0.1) is 19.3 Å². The van der Waals surface area contributed by atoms with Crippen LogP contribution in [-0.2, 0) is 33.5 Å². The first-order chi connectivity index (χ1) is 21.6. The zero-order valence-electron chi connectivity index (χ0n) is 30.9. The van der Waals surface area contributed by atoms with Gasteiger partial charge in [-0.1, -0.05) is 13.8 Å². The van der Waals surface area contributed by atoms with E-state index < -0.39 is 23.8 Å². The molecule has 0 aromatic heterocycles. The minimum atomic E-state index is -0.761. The Labute approximate surface area is 278 Å². The summed E-state index contributed by atoms with van der Waals surface area (Å²) in [4.78, 5) is 46.2. The fraction of sp³-hybridized carbons (Fsp3) is 0.909. The second kappa shape index (κ2) is 26.4. The summed E-state index contributed by atoms with van der Waals surface area (Å²) in [7, 11) is 11.4. The van der Waals surface area contributed by atoms with Crippen LogP contribution < -0.4 is 0 Å². The number of unbranched alkanes of at least 4 members (excludes halogenated alkanes) is 1. The molecule has 0 amide bonds. The minimum absolute atomic E-state index is 0.0758. The van der Waals surface area contributed by atoms with Crippen LogP contribution in [0.15, 0.2) is 0 Å². The maximum atomic E-state index is 12.4. The van der Waals surface area contributed by atoms with Crippen molar-refractivity contribution in [2.75, 3.05) is 88.3 Å². The zero-order valence-corrected chi connectivity index (χ0v) is 30.9. The molecule has 0 bridgehead atoms. The maximum absolute atomic E-state index is 12.4. The van der Waals surface area contributed by atoms with E-state index in [1.165, 1.54) is 7.11 Å². The van der Waals surface area contributed by atoms with Crippen LogP contribution in [0.1, 0.15) is 73.6 Å². The van der Waals surface area contributed by atoms with E-state index in [1.807, 2.05) is 60.9 Å². The number of methoxy groups -OCH3 is 1. The normalized spacial score (nSPS) is 21.2. The van der Waals surface area contributed by atoms with Gasteiger partial charge in [-0.15, -0.1) is 0 Å². The molecule has 2 rings (SSSR count). The van der Waals surface area contributed by atoms with E-state index in [1.54, 1.807) is 6.92 Å². The number of aldehydes is 1. The molecule has 46 heavy (non-hydrogen) atoms. The lowest BCUT2D eigenvalue weighted by atomic mass is 9.93. The molecule has 13 heteroatoms. The first-order valence-corrected chi connectivity index (χ1v) is 16.6. The highest BCUT2D eigenvalue weighted by Crippen LogP contribution is 2.27. The molecule has 0 aromatic carbocycles. The number of nitrogens with zero attached hydrogens (tertiary/aromatic N) is 4. The summed E-state index contributed by atoms with van der Waals surface area (Å²) in [6.45, 7) is 15.5. The molecule has 0 saturated carbocycles. The van der Waals surface area contributed by atoms with Crippen LogP contribution in [0.3, 0.4) is 0 Å². The Morgan fingerprint density at radius 3 is 2.15 bits per heavy atom. The molecule has 4 atom stereocenters. The van der Waals surface area contributed by atoms with Gasteiger partial charge in [0.1, 0.15) is 23.6 Å². The number of ketones is 1. The zero-order chi connectivity index (χ0) is 35.9. The molecule has 0 spiro atoms. The average Bonchev–Trinajstić information content (AvgIpc) is 3.00. The molecule has 1 N–H and O–H groups in total. The smallest absolute Gasteiger partial charge is 0.316 e. The van der Waals surface area contributed by atoms with Gasteiger partial charge in [0, 0.05) is 58.3 Å². The number of halogens is 1. The summed E-state index contributed by atoms with van der Waals surface area (Å²) >= 11 is 0. The summed E-state index contributed by atoms with van der Waals surface area (Å²) in [5, 5.41) is 8.86. The van der Waals surface area contributed by atoms with E-state index >= 15 is 0 Å². The van der Waals surface area contributed by atoms with E-state index in [0.29, 0.717) is 51.3 Å². The number of ether oxygens (including phenoxy) is 3. The Morgan fingerprint density at radius 1 is 1.11 bits per heavy atom. The molecular weight excluding hydrogens is 599 g/mol. The lowest BCUT2D eigenvalue weighted by Gasteiger charge is -2.49. The SMILES string of the molecule is CC.CC(C)N(C)CC=O.CC1CC(N(C)C)CC(OF)O1.COCCC(=O)C(C)C(=O)OC1(CN(C)CCCCO)CN(C)C1. The largest absolute Gasteiger partial charge is 0.454 e. The minimum Gasteiger partial charge on any atom is -0.454 e. The highest BCUT2D eigenvalue weighted by Gasteiger charge is 2.46. The molecule has 2 fully saturated rings. The Kier molecular flexibility index (Phi) is 26.7. The van der Waals surface area contributed by atoms with Gasteiger partial charge < -0.3 is 33.9 Å². The van der Waals surface area contributed by atoms with Crippen molar-refractivity contribution in [3.63, 3.8) is 0 Å². The van der Waals surface area contributed by atoms with Crippen molar-refractivity contribution in [2.45, 2.75) is 104 Å². The lowest BCUT2D eigenvalue weighted by Crippen LogP contribution is -2.67. The number of carbonyl (C=O) groups is 3. The number of likely N-dealkylation sites (tertiary alicyclic amines) is 1. The highest BCUT2D eigenvalue weighted by molar-refractivity contribution is 5.98. The van der Waals surface area contributed by atoms with Gasteiger partial charge in [0.15, 0.2) is 6.29 Å². The number of Topliss-reactive ketones (excluding diaryl/α,β-unsaturated/α-hetero) is 1. The van der Waals surface area contributed by atoms with Crippen LogP contribution in [0.4, 0.5) is 4.53 Å². The Morgan fingerprint density at radius 2 is 1.72 bits per heavy atom. The van der Waals surface area contributed by atoms with E-state index in [2.05, 4.69) is 33.5 Å². The van der Waals surface area contributed by atoms with Gasteiger partial charge in [-0.2, -0.15) is 4.94 Å². The molecule has 12 nitrogen and oxygen atoms in total. The van der Waals surface area contributed by atoms with E-state index in [0.717, 1.165) is 32.1 Å². The summed E-state index contributed by atoms with van der Waals surface area (Å²) < 4.78 is 27.7. The number of hydrogen-bond acceptors (Lipinski definition) is 12. The fourth-order valence-corrected chi connectivity index (χ4v) is 4.93. The van der Waals surface area contributed by atoms with Crippen molar-refractivity contribution >= 4 is 18.0 Å². The molecule has 2 heterocycles. The van der Waals surface area contributed by atoms with Crippen LogP contribution in [0.2, 0.25) is 0 Å². The third-order valence-corrected chi connectivity index (χ3v) is 7.85. The predicted octanol–water partition coefficient (Wildman–Crippen LogP) is 3.05. The summed E-state index contributed by atoms with van der Waals surface area (Å²) in [6, 6.07) is 0.828. The number of esters is 1. The van der Waals surface area contributed by atoms with Crippen molar-refractivity contribution < 1.29 is 43.2 Å². The van der Waals surface area contributed by atoms with Crippen molar-refractivity contribution in [2.24, 2.45) is 5.92 Å². The third kappa shape index (κ3) is 19.9. The highest BCUT2D eigenvalue weighted by atomic mass is 19.3. The maximum Gasteiger partial charge on any atom is 0.316 e. The Hall–Kier alpha value is -1.58. The number of rotatable bonds is 17. The van der Waals surface area contributed by atoms with Crippen LogP contribution in [0.25, 0.3) is 0 Å². The van der Waals surface area contributed by atoms with Gasteiger partial charge in [0.25, 0.3) is 0 Å². The molecule has 274 valence electrons. The Bertz CT molecular complexity index is 802. The molecular formula is C33H67FN4O8. The fourth-order valence-electron chi connectivity index (χ4n) is 4.93. The molecule has 0 radical (unpaired) electrons. The number of likely N-dealkylation sites (N-methyl/N-ethyl adjacent to an activating group) is 3. The topological polar surface area (TPSA) is 121 Å². The Balaban J connectivity index is 0. The second-order valence-electron chi connectivity index (χ2n) is 12.6. The number of aliphatic hydroxyl groups excluding tert-OH is 1. The molecule has 0 aromatic rings. The van der Waals surface area contributed by atoms with Crippen LogP contribution in [0.5, 0.6) is 0 Å². The van der Waals surface area contributed by atoms with Gasteiger partial charge in [-0.3, -0.25) is 19.4 Å². The van der Waals surface area contributed by atoms with E-state index in [9.17, 15) is 18.9 Å². The number of aliphatic hydroxyl groups is 1. The van der Waals surface area contributed by atoms with Gasteiger partial charge in [-0.05, 0) is 93.3 Å². The molecule has 2 aliphatic heterocycles. The molecule has 4 unspecified atom stereocenters. The van der Waals surface area contributed by atoms with Crippen molar-refractivity contribution in [1.82, 2.24) is 19.6 Å². The quantitative estimate of drug-likeness (QED) is 0.106. The first-order valence-electron chi connectivity index (χ1n) is 16.6. The standard InChI is InChI=1S/C17H32N2O5.C8H16FNO2.C6H13NO.C2H6/c1-14(15(21)7-10-23-4)16(22)24-17(12-19(3)13-17)11-18(2)8-5-6-9-20;1-6-4-7(10(2)3)5-8(11-6)12-9;1-6(2)7(3)4-5-8;1-2/h14,20H,5-13H2,1-4H3;6-8H,4-5H2,1-3H3;5-6H,4H2,1-3H3;1-2H3. The van der Waals surface area contributed by atoms with Gasteiger partial charge in [-0.25, -0.2) is 0 Å².